The van der Waals surface area contributed by atoms with E-state index in [-0.39, 0.29) is 23.9 Å². The second-order valence-corrected chi connectivity index (χ2v) is 7.56. The fourth-order valence-electron chi connectivity index (χ4n) is 3.48. The average Bonchev–Trinajstić information content (AvgIpc) is 2.79. The number of aromatic nitrogens is 2. The Kier molecular flexibility index (Phi) is 7.72. The predicted molar refractivity (Wildman–Crippen MR) is 126 cm³/mol. The number of amides is 2. The smallest absolute Gasteiger partial charge is 0.261 e. The third-order valence-corrected chi connectivity index (χ3v) is 5.41. The molecule has 0 radical (unpaired) electrons. The summed E-state index contributed by atoms with van der Waals surface area (Å²) in [5, 5.41) is 6.14. The molecule has 0 unspecified atom stereocenters. The van der Waals surface area contributed by atoms with Crippen molar-refractivity contribution >= 4 is 28.4 Å². The molecule has 0 aliphatic carbocycles. The Morgan fingerprint density at radius 1 is 1.06 bits per heavy atom. The number of carbonyl (C=O) groups excluding carboxylic acids is 2. The van der Waals surface area contributed by atoms with Gasteiger partial charge in [-0.3, -0.25) is 19.0 Å². The Labute approximate surface area is 187 Å². The number of rotatable bonds is 9. The van der Waals surface area contributed by atoms with E-state index in [1.807, 2.05) is 13.0 Å². The molecule has 2 amide bonds. The highest BCUT2D eigenvalue weighted by Crippen LogP contribution is 2.12. The molecule has 0 bridgehead atoms. The Bertz CT molecular complexity index is 1150. The molecule has 0 aliphatic rings. The number of hydrogen-bond acceptors (Lipinski definition) is 5. The zero-order chi connectivity index (χ0) is 23.1. The van der Waals surface area contributed by atoms with Crippen LogP contribution in [-0.4, -0.2) is 52.4 Å². The van der Waals surface area contributed by atoms with Gasteiger partial charge < -0.3 is 15.5 Å². The van der Waals surface area contributed by atoms with E-state index in [2.05, 4.69) is 34.4 Å². The van der Waals surface area contributed by atoms with Crippen molar-refractivity contribution in [3.63, 3.8) is 0 Å². The summed E-state index contributed by atoms with van der Waals surface area (Å²) in [6.07, 6.45) is 1.39. The van der Waals surface area contributed by atoms with Gasteiger partial charge in [-0.1, -0.05) is 26.0 Å². The highest BCUT2D eigenvalue weighted by atomic mass is 16.2. The molecule has 0 spiro atoms. The van der Waals surface area contributed by atoms with Crippen LogP contribution in [-0.2, 0) is 11.3 Å². The van der Waals surface area contributed by atoms with Crippen LogP contribution in [0.5, 0.6) is 0 Å². The van der Waals surface area contributed by atoms with E-state index in [0.29, 0.717) is 28.7 Å². The standard InChI is InChI=1S/C24H29N5O3/c1-4-28(5-2)14-13-25-23(31)18-9-11-19(12-10-18)27-21(30)15-29-16-26-22-17(3)7-6-8-20(22)24(29)32/h6-12,16H,4-5,13-15H2,1-3H3,(H,25,31)(H,27,30). The number of anilines is 1. The molecule has 1 aromatic heterocycles. The lowest BCUT2D eigenvalue weighted by Gasteiger charge is -2.18. The zero-order valence-corrected chi connectivity index (χ0v) is 18.7. The molecule has 0 atom stereocenters. The molecule has 8 nitrogen and oxygen atoms in total. The molecule has 168 valence electrons. The normalized spacial score (nSPS) is 11.0. The van der Waals surface area contributed by atoms with Gasteiger partial charge in [-0.25, -0.2) is 4.98 Å². The predicted octanol–water partition coefficient (Wildman–Crippen LogP) is 2.42. The first-order valence-electron chi connectivity index (χ1n) is 10.8. The first-order valence-corrected chi connectivity index (χ1v) is 10.8. The van der Waals surface area contributed by atoms with Crippen molar-refractivity contribution in [3.8, 4) is 0 Å². The molecule has 2 N–H and O–H groups in total. The van der Waals surface area contributed by atoms with Crippen LogP contribution in [0.3, 0.4) is 0 Å². The third kappa shape index (κ3) is 5.59. The lowest BCUT2D eigenvalue weighted by molar-refractivity contribution is -0.116. The minimum absolute atomic E-state index is 0.149. The molecule has 1 heterocycles. The Morgan fingerprint density at radius 3 is 2.47 bits per heavy atom. The molecule has 3 aromatic rings. The summed E-state index contributed by atoms with van der Waals surface area (Å²) < 4.78 is 1.29. The van der Waals surface area contributed by atoms with E-state index in [0.717, 1.165) is 25.2 Å². The number of para-hydroxylation sites is 1. The van der Waals surface area contributed by atoms with Crippen LogP contribution in [0.25, 0.3) is 10.9 Å². The fraction of sp³-hybridized carbons (Fsp3) is 0.333. The summed E-state index contributed by atoms with van der Waals surface area (Å²) in [6, 6.07) is 12.1. The van der Waals surface area contributed by atoms with Gasteiger partial charge in [0, 0.05) is 24.3 Å². The van der Waals surface area contributed by atoms with Gasteiger partial charge in [0.05, 0.1) is 17.2 Å². The molecule has 3 rings (SSSR count). The molecule has 32 heavy (non-hydrogen) atoms. The van der Waals surface area contributed by atoms with Gasteiger partial charge in [0.2, 0.25) is 5.91 Å². The van der Waals surface area contributed by atoms with Crippen LogP contribution in [0.2, 0.25) is 0 Å². The SMILES string of the molecule is CCN(CC)CCNC(=O)c1ccc(NC(=O)Cn2cnc3c(C)cccc3c2=O)cc1. The monoisotopic (exact) mass is 435 g/mol. The van der Waals surface area contributed by atoms with Crippen LogP contribution >= 0.6 is 0 Å². The van der Waals surface area contributed by atoms with Gasteiger partial charge in [0.25, 0.3) is 11.5 Å². The van der Waals surface area contributed by atoms with E-state index in [1.54, 1.807) is 36.4 Å². The highest BCUT2D eigenvalue weighted by molar-refractivity contribution is 5.95. The molecule has 2 aromatic carbocycles. The van der Waals surface area contributed by atoms with Gasteiger partial charge in [-0.15, -0.1) is 0 Å². The van der Waals surface area contributed by atoms with Gasteiger partial charge >= 0.3 is 0 Å². The van der Waals surface area contributed by atoms with E-state index in [9.17, 15) is 14.4 Å². The number of fused-ring (bicyclic) bond motifs is 1. The summed E-state index contributed by atoms with van der Waals surface area (Å²) in [6.45, 7) is 9.19. The first-order chi connectivity index (χ1) is 15.4. The summed E-state index contributed by atoms with van der Waals surface area (Å²) in [5.41, 5.74) is 2.36. The van der Waals surface area contributed by atoms with Crippen LogP contribution in [0, 0.1) is 6.92 Å². The second-order valence-electron chi connectivity index (χ2n) is 7.56. The average molecular weight is 436 g/mol. The summed E-state index contributed by atoms with van der Waals surface area (Å²) >= 11 is 0. The van der Waals surface area contributed by atoms with E-state index in [4.69, 9.17) is 0 Å². The van der Waals surface area contributed by atoms with Crippen molar-refractivity contribution in [1.29, 1.82) is 0 Å². The minimum Gasteiger partial charge on any atom is -0.351 e. The molecule has 0 aliphatic heterocycles. The number of nitrogens with zero attached hydrogens (tertiary/aromatic N) is 3. The fourth-order valence-corrected chi connectivity index (χ4v) is 3.48. The minimum atomic E-state index is -0.350. The summed E-state index contributed by atoms with van der Waals surface area (Å²) in [7, 11) is 0. The first kappa shape index (κ1) is 23.1. The number of hydrogen-bond donors (Lipinski definition) is 2. The molecule has 0 fully saturated rings. The zero-order valence-electron chi connectivity index (χ0n) is 18.7. The number of nitrogens with one attached hydrogen (secondary N) is 2. The molecule has 0 saturated carbocycles. The quantitative estimate of drug-likeness (QED) is 0.538. The molecule has 0 saturated heterocycles. The van der Waals surface area contributed by atoms with Crippen LogP contribution in [0.1, 0.15) is 29.8 Å². The van der Waals surface area contributed by atoms with E-state index in [1.165, 1.54) is 10.9 Å². The van der Waals surface area contributed by atoms with Crippen molar-refractivity contribution in [2.45, 2.75) is 27.3 Å². The van der Waals surface area contributed by atoms with Gasteiger partial charge in [-0.05, 0) is 55.9 Å². The van der Waals surface area contributed by atoms with E-state index < -0.39 is 0 Å². The van der Waals surface area contributed by atoms with Crippen molar-refractivity contribution in [2.75, 3.05) is 31.5 Å². The second kappa shape index (κ2) is 10.7. The van der Waals surface area contributed by atoms with Crippen LogP contribution < -0.4 is 16.2 Å². The van der Waals surface area contributed by atoms with E-state index >= 15 is 0 Å². The van der Waals surface area contributed by atoms with Gasteiger partial charge in [0.15, 0.2) is 0 Å². The number of carbonyl (C=O) groups is 2. The van der Waals surface area contributed by atoms with Crippen LogP contribution in [0.4, 0.5) is 5.69 Å². The maximum Gasteiger partial charge on any atom is 0.261 e. The summed E-state index contributed by atoms with van der Waals surface area (Å²) in [5.74, 6) is -0.503. The van der Waals surface area contributed by atoms with Crippen molar-refractivity contribution in [2.24, 2.45) is 0 Å². The van der Waals surface area contributed by atoms with Crippen molar-refractivity contribution < 1.29 is 9.59 Å². The van der Waals surface area contributed by atoms with Crippen molar-refractivity contribution in [3.05, 3.63) is 70.3 Å². The number of likely N-dealkylation sites (N-methyl/N-ethyl adjacent to an activating group) is 1. The largest absolute Gasteiger partial charge is 0.351 e. The molecular formula is C24H29N5O3. The maximum atomic E-state index is 12.7. The van der Waals surface area contributed by atoms with Gasteiger partial charge in [0.1, 0.15) is 6.54 Å². The van der Waals surface area contributed by atoms with Gasteiger partial charge in [-0.2, -0.15) is 0 Å². The number of benzene rings is 2. The maximum absolute atomic E-state index is 12.7. The third-order valence-electron chi connectivity index (χ3n) is 5.41. The summed E-state index contributed by atoms with van der Waals surface area (Å²) in [4.78, 5) is 43.9. The number of aryl methyl sites for hydroxylation is 1. The topological polar surface area (TPSA) is 96.3 Å². The Hall–Kier alpha value is -3.52. The Morgan fingerprint density at radius 2 is 1.78 bits per heavy atom. The Balaban J connectivity index is 1.58. The van der Waals surface area contributed by atoms with Crippen LogP contribution in [0.15, 0.2) is 53.6 Å². The molecule has 8 heteroatoms. The lowest BCUT2D eigenvalue weighted by atomic mass is 10.1. The van der Waals surface area contributed by atoms with Crippen molar-refractivity contribution in [1.82, 2.24) is 19.8 Å². The molecular weight excluding hydrogens is 406 g/mol. The lowest BCUT2D eigenvalue weighted by Crippen LogP contribution is -2.34. The highest BCUT2D eigenvalue weighted by Gasteiger charge is 2.11.